The molecule has 0 amide bonds. The normalized spacial score (nSPS) is 11.4. The maximum absolute atomic E-state index is 12.6. The van der Waals surface area contributed by atoms with E-state index in [2.05, 4.69) is 14.2 Å². The van der Waals surface area contributed by atoms with E-state index < -0.39 is 33.8 Å². The molecule has 0 aliphatic carbocycles. The molecular formula is C5H3F3N2O3S. The molecule has 0 saturated heterocycles. The SMILES string of the molecule is CS(=O)(=O)Oc1nc(F)c(F)nc1F. The van der Waals surface area contributed by atoms with Crippen LogP contribution in [0.4, 0.5) is 13.2 Å². The molecule has 0 fully saturated rings. The van der Waals surface area contributed by atoms with Crippen LogP contribution in [0, 0.1) is 17.8 Å². The van der Waals surface area contributed by atoms with E-state index in [9.17, 15) is 21.6 Å². The standard InChI is InChI=1S/C5H3F3N2O3S/c1-14(11,12)13-5-4(8)9-2(6)3(7)10-5/h1H3. The molecule has 1 aromatic rings. The summed E-state index contributed by atoms with van der Waals surface area (Å²) in [5.41, 5.74) is 0. The predicted molar refractivity (Wildman–Crippen MR) is 37.4 cm³/mol. The Labute approximate surface area is 76.7 Å². The zero-order chi connectivity index (χ0) is 10.9. The van der Waals surface area contributed by atoms with E-state index in [0.717, 1.165) is 0 Å². The fraction of sp³-hybridized carbons (Fsp3) is 0.200. The Morgan fingerprint density at radius 2 is 1.57 bits per heavy atom. The van der Waals surface area contributed by atoms with Gasteiger partial charge in [-0.3, -0.25) is 0 Å². The van der Waals surface area contributed by atoms with E-state index in [1.165, 1.54) is 0 Å². The van der Waals surface area contributed by atoms with Crippen molar-refractivity contribution >= 4 is 10.1 Å². The van der Waals surface area contributed by atoms with E-state index in [1.54, 1.807) is 0 Å². The molecule has 78 valence electrons. The molecular weight excluding hydrogens is 225 g/mol. The number of nitrogens with zero attached hydrogens (tertiary/aromatic N) is 2. The number of halogens is 3. The molecule has 0 aliphatic heterocycles. The Morgan fingerprint density at radius 1 is 1.07 bits per heavy atom. The highest BCUT2D eigenvalue weighted by molar-refractivity contribution is 7.86. The lowest BCUT2D eigenvalue weighted by molar-refractivity contribution is 0.379. The minimum atomic E-state index is -4.06. The summed E-state index contributed by atoms with van der Waals surface area (Å²) >= 11 is 0. The van der Waals surface area contributed by atoms with Crippen molar-refractivity contribution < 1.29 is 25.8 Å². The Morgan fingerprint density at radius 3 is 2.07 bits per heavy atom. The van der Waals surface area contributed by atoms with Gasteiger partial charge < -0.3 is 4.18 Å². The maximum Gasteiger partial charge on any atom is 0.307 e. The molecule has 0 aromatic carbocycles. The second kappa shape index (κ2) is 3.40. The third kappa shape index (κ3) is 2.55. The third-order valence-electron chi connectivity index (χ3n) is 0.973. The van der Waals surface area contributed by atoms with Crippen LogP contribution in [0.3, 0.4) is 0 Å². The van der Waals surface area contributed by atoms with Crippen LogP contribution in [0.25, 0.3) is 0 Å². The van der Waals surface area contributed by atoms with Crippen molar-refractivity contribution in [3.63, 3.8) is 0 Å². The first-order chi connectivity index (χ1) is 6.29. The van der Waals surface area contributed by atoms with Gasteiger partial charge in [0.2, 0.25) is 0 Å². The Kier molecular flexibility index (Phi) is 2.60. The van der Waals surface area contributed by atoms with Crippen molar-refractivity contribution in [3.05, 3.63) is 17.8 Å². The van der Waals surface area contributed by atoms with Crippen LogP contribution in [-0.2, 0) is 10.1 Å². The van der Waals surface area contributed by atoms with Crippen molar-refractivity contribution in [1.29, 1.82) is 0 Å². The lowest BCUT2D eigenvalue weighted by Gasteiger charge is -2.01. The Hall–Kier alpha value is -1.38. The van der Waals surface area contributed by atoms with Gasteiger partial charge in [-0.2, -0.15) is 31.6 Å². The van der Waals surface area contributed by atoms with Crippen molar-refractivity contribution in [3.8, 4) is 5.88 Å². The van der Waals surface area contributed by atoms with Crippen LogP contribution in [0.5, 0.6) is 5.88 Å². The van der Waals surface area contributed by atoms with Crippen molar-refractivity contribution in [2.45, 2.75) is 0 Å². The van der Waals surface area contributed by atoms with E-state index in [0.29, 0.717) is 6.26 Å². The number of hydrogen-bond donors (Lipinski definition) is 0. The summed E-state index contributed by atoms with van der Waals surface area (Å²) in [6, 6.07) is 0. The molecule has 1 heterocycles. The Balaban J connectivity index is 3.17. The molecule has 0 bridgehead atoms. The van der Waals surface area contributed by atoms with Gasteiger partial charge in [0.1, 0.15) is 0 Å². The van der Waals surface area contributed by atoms with Crippen LogP contribution in [-0.4, -0.2) is 24.6 Å². The predicted octanol–water partition coefficient (Wildman–Crippen LogP) is 0.232. The molecule has 0 radical (unpaired) electrons. The Bertz CT molecular complexity index is 462. The summed E-state index contributed by atoms with van der Waals surface area (Å²) < 4.78 is 62.0. The molecule has 1 aromatic heterocycles. The van der Waals surface area contributed by atoms with Crippen LogP contribution in [0.2, 0.25) is 0 Å². The summed E-state index contributed by atoms with van der Waals surface area (Å²) in [5, 5.41) is 0. The molecule has 0 aliphatic rings. The minimum Gasteiger partial charge on any atom is -0.357 e. The van der Waals surface area contributed by atoms with Gasteiger partial charge in [-0.05, 0) is 0 Å². The van der Waals surface area contributed by atoms with Crippen LogP contribution < -0.4 is 4.18 Å². The fourth-order valence-corrected chi connectivity index (χ4v) is 0.951. The molecule has 0 unspecified atom stereocenters. The van der Waals surface area contributed by atoms with Gasteiger partial charge in [0, 0.05) is 0 Å². The van der Waals surface area contributed by atoms with Gasteiger partial charge in [-0.25, -0.2) is 0 Å². The van der Waals surface area contributed by atoms with Crippen molar-refractivity contribution in [1.82, 2.24) is 9.97 Å². The van der Waals surface area contributed by atoms with Crippen LogP contribution in [0.15, 0.2) is 0 Å². The highest BCUT2D eigenvalue weighted by Gasteiger charge is 2.17. The lowest BCUT2D eigenvalue weighted by Crippen LogP contribution is -2.11. The van der Waals surface area contributed by atoms with Crippen molar-refractivity contribution in [2.75, 3.05) is 6.26 Å². The van der Waals surface area contributed by atoms with Gasteiger partial charge >= 0.3 is 10.1 Å². The molecule has 9 heteroatoms. The molecule has 0 N–H and O–H groups in total. The summed E-state index contributed by atoms with van der Waals surface area (Å²) in [6.07, 6.45) is 0.593. The first-order valence-corrected chi connectivity index (χ1v) is 4.89. The van der Waals surface area contributed by atoms with Gasteiger partial charge in [0.15, 0.2) is 0 Å². The summed E-state index contributed by atoms with van der Waals surface area (Å²) in [5.74, 6) is -6.39. The number of hydrogen-bond acceptors (Lipinski definition) is 5. The van der Waals surface area contributed by atoms with Crippen LogP contribution in [0.1, 0.15) is 0 Å². The first kappa shape index (κ1) is 10.7. The van der Waals surface area contributed by atoms with Gasteiger partial charge in [0.05, 0.1) is 6.26 Å². The summed E-state index contributed by atoms with van der Waals surface area (Å²) in [7, 11) is -4.06. The summed E-state index contributed by atoms with van der Waals surface area (Å²) in [4.78, 5) is 4.97. The van der Waals surface area contributed by atoms with Gasteiger partial charge in [-0.1, -0.05) is 0 Å². The maximum atomic E-state index is 12.6. The smallest absolute Gasteiger partial charge is 0.307 e. The molecule has 0 saturated carbocycles. The first-order valence-electron chi connectivity index (χ1n) is 3.07. The van der Waals surface area contributed by atoms with Gasteiger partial charge in [-0.15, -0.1) is 0 Å². The van der Waals surface area contributed by atoms with E-state index >= 15 is 0 Å². The molecule has 5 nitrogen and oxygen atoms in total. The highest BCUT2D eigenvalue weighted by Crippen LogP contribution is 2.14. The summed E-state index contributed by atoms with van der Waals surface area (Å²) in [6.45, 7) is 0. The molecule has 14 heavy (non-hydrogen) atoms. The van der Waals surface area contributed by atoms with E-state index in [1.807, 2.05) is 0 Å². The highest BCUT2D eigenvalue weighted by atomic mass is 32.2. The third-order valence-corrected chi connectivity index (χ3v) is 1.43. The second-order valence-corrected chi connectivity index (χ2v) is 3.76. The monoisotopic (exact) mass is 228 g/mol. The quantitative estimate of drug-likeness (QED) is 0.678. The average molecular weight is 228 g/mol. The number of rotatable bonds is 2. The fourth-order valence-electron chi connectivity index (χ4n) is 0.558. The minimum absolute atomic E-state index is 0.593. The van der Waals surface area contributed by atoms with Gasteiger partial charge in [0.25, 0.3) is 23.7 Å². The lowest BCUT2D eigenvalue weighted by atomic mass is 10.7. The van der Waals surface area contributed by atoms with E-state index in [4.69, 9.17) is 0 Å². The largest absolute Gasteiger partial charge is 0.357 e. The van der Waals surface area contributed by atoms with Crippen LogP contribution >= 0.6 is 0 Å². The zero-order valence-electron chi connectivity index (χ0n) is 6.66. The van der Waals surface area contributed by atoms with Crippen molar-refractivity contribution in [2.24, 2.45) is 0 Å². The number of aromatic nitrogens is 2. The molecule has 0 spiro atoms. The topological polar surface area (TPSA) is 69.2 Å². The zero-order valence-corrected chi connectivity index (χ0v) is 7.48. The van der Waals surface area contributed by atoms with E-state index in [-0.39, 0.29) is 0 Å². The molecule has 0 atom stereocenters. The molecule has 1 rings (SSSR count). The average Bonchev–Trinajstić information content (AvgIpc) is 1.97. The second-order valence-electron chi connectivity index (χ2n) is 2.19.